The predicted octanol–water partition coefficient (Wildman–Crippen LogP) is 3.46. The number of benzene rings is 2. The van der Waals surface area contributed by atoms with Gasteiger partial charge in [0.1, 0.15) is 18.0 Å². The minimum absolute atomic E-state index is 0.0168. The van der Waals surface area contributed by atoms with Crippen molar-refractivity contribution in [2.75, 3.05) is 6.61 Å². The summed E-state index contributed by atoms with van der Waals surface area (Å²) in [5.41, 5.74) is 0.502. The largest absolute Gasteiger partial charge is 0.475 e. The number of para-hydroxylation sites is 3. The molecule has 0 fully saturated rings. The molecule has 0 saturated heterocycles. The normalized spacial score (nSPS) is 10.5. The molecule has 0 spiro atoms. The highest BCUT2D eigenvalue weighted by atomic mass is 16.6. The van der Waals surface area contributed by atoms with E-state index in [1.54, 1.807) is 12.1 Å². The molecule has 3 rings (SSSR count). The summed E-state index contributed by atoms with van der Waals surface area (Å²) in [6.45, 7) is -0.459. The number of furan rings is 1. The fraction of sp³-hybridized carbons (Fsp3) is 0.118. The first-order chi connectivity index (χ1) is 11.6. The predicted molar refractivity (Wildman–Crippen MR) is 84.6 cm³/mol. The molecule has 0 radical (unpaired) electrons. The zero-order valence-corrected chi connectivity index (χ0v) is 12.5. The Hall–Kier alpha value is -3.35. The first-order valence-electron chi connectivity index (χ1n) is 7.13. The summed E-state index contributed by atoms with van der Waals surface area (Å²) in [5.74, 6) is -0.118. The molecule has 0 bridgehead atoms. The van der Waals surface area contributed by atoms with Crippen molar-refractivity contribution in [2.45, 2.75) is 6.61 Å². The number of carbonyl (C=O) groups excluding carboxylic acids is 1. The van der Waals surface area contributed by atoms with E-state index in [0.717, 1.165) is 5.39 Å². The van der Waals surface area contributed by atoms with Gasteiger partial charge in [-0.15, -0.1) is 0 Å². The first kappa shape index (κ1) is 15.5. The average molecular weight is 327 g/mol. The van der Waals surface area contributed by atoms with Gasteiger partial charge in [0.25, 0.3) is 0 Å². The molecule has 3 aromatic rings. The summed E-state index contributed by atoms with van der Waals surface area (Å²) >= 11 is 0. The topological polar surface area (TPSA) is 91.8 Å². The molecule has 7 heteroatoms. The van der Waals surface area contributed by atoms with Crippen molar-refractivity contribution in [3.63, 3.8) is 0 Å². The molecule has 24 heavy (non-hydrogen) atoms. The van der Waals surface area contributed by atoms with Crippen LogP contribution in [-0.2, 0) is 16.1 Å². The molecule has 0 aliphatic carbocycles. The third-order valence-electron chi connectivity index (χ3n) is 3.26. The molecular formula is C17H13NO6. The van der Waals surface area contributed by atoms with Crippen LogP contribution in [0.1, 0.15) is 5.76 Å². The summed E-state index contributed by atoms with van der Waals surface area (Å²) in [7, 11) is 0. The Morgan fingerprint density at radius 2 is 1.88 bits per heavy atom. The van der Waals surface area contributed by atoms with Crippen LogP contribution in [0.2, 0.25) is 0 Å². The lowest BCUT2D eigenvalue weighted by Gasteiger charge is -2.06. The van der Waals surface area contributed by atoms with Crippen LogP contribution in [0.4, 0.5) is 5.69 Å². The second-order valence-corrected chi connectivity index (χ2v) is 4.92. The second-order valence-electron chi connectivity index (χ2n) is 4.92. The van der Waals surface area contributed by atoms with Gasteiger partial charge in [-0.1, -0.05) is 30.3 Å². The quantitative estimate of drug-likeness (QED) is 0.391. The van der Waals surface area contributed by atoms with Gasteiger partial charge in [0.2, 0.25) is 0 Å². The highest BCUT2D eigenvalue weighted by Gasteiger charge is 2.15. The van der Waals surface area contributed by atoms with Gasteiger partial charge < -0.3 is 13.9 Å². The molecule has 0 aliphatic rings. The van der Waals surface area contributed by atoms with Crippen molar-refractivity contribution in [3.8, 4) is 5.75 Å². The Morgan fingerprint density at radius 1 is 1.12 bits per heavy atom. The lowest BCUT2D eigenvalue weighted by molar-refractivity contribution is -0.385. The SMILES string of the molecule is O=C(COc1ccccc1[N+](=O)[O-])OCc1cc2ccccc2o1. The molecule has 1 aromatic heterocycles. The number of nitrogens with zero attached hydrogens (tertiary/aromatic N) is 1. The lowest BCUT2D eigenvalue weighted by atomic mass is 10.2. The van der Waals surface area contributed by atoms with Crippen molar-refractivity contribution in [2.24, 2.45) is 0 Å². The van der Waals surface area contributed by atoms with E-state index >= 15 is 0 Å². The minimum atomic E-state index is -0.645. The maximum Gasteiger partial charge on any atom is 0.344 e. The van der Waals surface area contributed by atoms with Crippen molar-refractivity contribution in [1.29, 1.82) is 0 Å². The van der Waals surface area contributed by atoms with E-state index in [9.17, 15) is 14.9 Å². The lowest BCUT2D eigenvalue weighted by Crippen LogP contribution is -2.15. The Morgan fingerprint density at radius 3 is 2.67 bits per heavy atom. The van der Waals surface area contributed by atoms with Gasteiger partial charge in [-0.25, -0.2) is 4.79 Å². The smallest absolute Gasteiger partial charge is 0.344 e. The van der Waals surface area contributed by atoms with Gasteiger partial charge >= 0.3 is 11.7 Å². The Kier molecular flexibility index (Phi) is 4.42. The summed E-state index contributed by atoms with van der Waals surface area (Å²) in [5, 5.41) is 11.8. The monoisotopic (exact) mass is 327 g/mol. The van der Waals surface area contributed by atoms with Crippen LogP contribution < -0.4 is 4.74 Å². The summed E-state index contributed by atoms with van der Waals surface area (Å²) < 4.78 is 15.7. The number of carbonyl (C=O) groups is 1. The summed E-state index contributed by atoms with van der Waals surface area (Å²) in [6.07, 6.45) is 0. The second kappa shape index (κ2) is 6.82. The minimum Gasteiger partial charge on any atom is -0.475 e. The highest BCUT2D eigenvalue weighted by molar-refractivity contribution is 5.77. The molecule has 122 valence electrons. The van der Waals surface area contributed by atoms with Crippen LogP contribution in [0.5, 0.6) is 5.75 Å². The third-order valence-corrected chi connectivity index (χ3v) is 3.26. The molecule has 0 aliphatic heterocycles. The van der Waals surface area contributed by atoms with Crippen molar-refractivity contribution in [3.05, 3.63) is 70.5 Å². The third kappa shape index (κ3) is 3.52. The van der Waals surface area contributed by atoms with Gasteiger partial charge in [-0.2, -0.15) is 0 Å². The van der Waals surface area contributed by atoms with Crippen LogP contribution in [0.3, 0.4) is 0 Å². The fourth-order valence-electron chi connectivity index (χ4n) is 2.17. The van der Waals surface area contributed by atoms with E-state index in [-0.39, 0.29) is 18.0 Å². The van der Waals surface area contributed by atoms with Gasteiger partial charge in [-0.3, -0.25) is 10.1 Å². The van der Waals surface area contributed by atoms with Gasteiger partial charge in [0.15, 0.2) is 12.4 Å². The molecular weight excluding hydrogens is 314 g/mol. The molecule has 0 N–H and O–H groups in total. The van der Waals surface area contributed by atoms with Gasteiger partial charge in [-0.05, 0) is 18.2 Å². The van der Waals surface area contributed by atoms with Crippen LogP contribution in [0.25, 0.3) is 11.0 Å². The zero-order chi connectivity index (χ0) is 16.9. The first-order valence-corrected chi connectivity index (χ1v) is 7.13. The zero-order valence-electron chi connectivity index (χ0n) is 12.5. The van der Waals surface area contributed by atoms with Gasteiger partial charge in [0, 0.05) is 11.5 Å². The molecule has 0 saturated carbocycles. The van der Waals surface area contributed by atoms with Crippen LogP contribution in [-0.4, -0.2) is 17.5 Å². The summed E-state index contributed by atoms with van der Waals surface area (Å²) in [4.78, 5) is 22.0. The molecule has 0 atom stereocenters. The fourth-order valence-corrected chi connectivity index (χ4v) is 2.17. The molecule has 2 aromatic carbocycles. The standard InChI is InChI=1S/C17H13NO6/c19-17(11-22-16-8-4-2-6-14(16)18(20)21)23-10-13-9-12-5-1-3-7-15(12)24-13/h1-9H,10-11H2. The Bertz CT molecular complexity index is 852. The molecule has 0 amide bonds. The number of ether oxygens (including phenoxy) is 2. The van der Waals surface area contributed by atoms with Crippen LogP contribution in [0, 0.1) is 10.1 Å². The van der Waals surface area contributed by atoms with E-state index in [0.29, 0.717) is 11.3 Å². The number of fused-ring (bicyclic) bond motifs is 1. The van der Waals surface area contributed by atoms with Crippen molar-refractivity contribution >= 4 is 22.6 Å². The van der Waals surface area contributed by atoms with E-state index in [2.05, 4.69) is 0 Å². The number of hydrogen-bond acceptors (Lipinski definition) is 6. The van der Waals surface area contributed by atoms with E-state index in [4.69, 9.17) is 13.9 Å². The number of nitro benzene ring substituents is 1. The molecule has 1 heterocycles. The number of rotatable bonds is 6. The number of hydrogen-bond donors (Lipinski definition) is 0. The van der Waals surface area contributed by atoms with Crippen molar-refractivity contribution < 1.29 is 23.6 Å². The average Bonchev–Trinajstić information content (AvgIpc) is 3.01. The van der Waals surface area contributed by atoms with Crippen molar-refractivity contribution in [1.82, 2.24) is 0 Å². The maximum absolute atomic E-state index is 11.7. The number of esters is 1. The summed E-state index contributed by atoms with van der Waals surface area (Å²) in [6, 6.07) is 15.1. The van der Waals surface area contributed by atoms with Crippen LogP contribution >= 0.6 is 0 Å². The Labute approximate surface area is 136 Å². The maximum atomic E-state index is 11.7. The van der Waals surface area contributed by atoms with Gasteiger partial charge in [0.05, 0.1) is 4.92 Å². The van der Waals surface area contributed by atoms with Crippen LogP contribution in [0.15, 0.2) is 59.0 Å². The Balaban J connectivity index is 1.55. The molecule has 7 nitrogen and oxygen atoms in total. The molecule has 0 unspecified atom stereocenters. The van der Waals surface area contributed by atoms with E-state index in [1.165, 1.54) is 18.2 Å². The van der Waals surface area contributed by atoms with E-state index < -0.39 is 17.5 Å². The number of nitro groups is 1. The highest BCUT2D eigenvalue weighted by Crippen LogP contribution is 2.25. The van der Waals surface area contributed by atoms with E-state index in [1.807, 2.05) is 24.3 Å².